The van der Waals surface area contributed by atoms with Crippen LogP contribution in [0.1, 0.15) is 41.7 Å². The maximum Gasteiger partial charge on any atom is 0.133 e. The maximum absolute atomic E-state index is 13.8. The van der Waals surface area contributed by atoms with E-state index in [1.165, 1.54) is 11.6 Å². The summed E-state index contributed by atoms with van der Waals surface area (Å²) in [6, 6.07) is 6.85. The summed E-state index contributed by atoms with van der Waals surface area (Å²) in [7, 11) is 0. The molecule has 1 aromatic heterocycles. The average Bonchev–Trinajstić information content (AvgIpc) is 2.50. The fourth-order valence-electron chi connectivity index (χ4n) is 2.83. The van der Waals surface area contributed by atoms with Gasteiger partial charge in [0.1, 0.15) is 11.6 Å². The van der Waals surface area contributed by atoms with Crippen LogP contribution < -0.4 is 5.32 Å². The van der Waals surface area contributed by atoms with Crippen LogP contribution in [-0.4, -0.2) is 16.5 Å². The second kappa shape index (κ2) is 6.31. The quantitative estimate of drug-likeness (QED) is 0.938. The zero-order valence-corrected chi connectivity index (χ0v) is 12.3. The van der Waals surface area contributed by atoms with Gasteiger partial charge in [0.15, 0.2) is 0 Å². The summed E-state index contributed by atoms with van der Waals surface area (Å²) in [5.41, 5.74) is 4.19. The predicted molar refractivity (Wildman–Crippen MR) is 80.6 cm³/mol. The van der Waals surface area contributed by atoms with Gasteiger partial charge in [-0.3, -0.25) is 0 Å². The lowest BCUT2D eigenvalue weighted by Crippen LogP contribution is -2.27. The molecule has 0 spiro atoms. The molecule has 0 aliphatic carbocycles. The van der Waals surface area contributed by atoms with Crippen molar-refractivity contribution < 1.29 is 4.39 Å². The monoisotopic (exact) mass is 285 g/mol. The Bertz CT molecular complexity index is 640. The van der Waals surface area contributed by atoms with Crippen LogP contribution in [0.3, 0.4) is 0 Å². The third-order valence-corrected chi connectivity index (χ3v) is 3.86. The number of fused-ring (bicyclic) bond motifs is 1. The lowest BCUT2D eigenvalue weighted by molar-refractivity contribution is 0.598. The lowest BCUT2D eigenvalue weighted by atomic mass is 10.0. The first-order valence-electron chi connectivity index (χ1n) is 7.59. The van der Waals surface area contributed by atoms with Crippen molar-refractivity contribution >= 4 is 0 Å². The van der Waals surface area contributed by atoms with Gasteiger partial charge in [0.25, 0.3) is 0 Å². The van der Waals surface area contributed by atoms with Crippen LogP contribution in [-0.2, 0) is 25.8 Å². The number of aromatic nitrogens is 2. The topological polar surface area (TPSA) is 37.8 Å². The summed E-state index contributed by atoms with van der Waals surface area (Å²) in [6.07, 6.45) is 3.48. The number of nitrogens with zero attached hydrogens (tertiary/aromatic N) is 2. The number of nitrogens with one attached hydrogen (secondary N) is 1. The average molecular weight is 285 g/mol. The first-order valence-corrected chi connectivity index (χ1v) is 7.59. The highest BCUT2D eigenvalue weighted by Gasteiger charge is 2.17. The van der Waals surface area contributed by atoms with E-state index < -0.39 is 0 Å². The predicted octanol–water partition coefficient (Wildman–Crippen LogP) is 2.80. The van der Waals surface area contributed by atoms with E-state index >= 15 is 0 Å². The van der Waals surface area contributed by atoms with Gasteiger partial charge in [0.2, 0.25) is 0 Å². The summed E-state index contributed by atoms with van der Waals surface area (Å²) >= 11 is 0. The molecule has 1 aliphatic heterocycles. The normalized spacial score (nSPS) is 14.0. The first-order chi connectivity index (χ1) is 10.3. The van der Waals surface area contributed by atoms with Gasteiger partial charge in [0.05, 0.1) is 5.69 Å². The number of hydrogen-bond acceptors (Lipinski definition) is 3. The summed E-state index contributed by atoms with van der Waals surface area (Å²) in [6.45, 7) is 3.94. The Morgan fingerprint density at radius 3 is 2.90 bits per heavy atom. The molecule has 2 heterocycles. The van der Waals surface area contributed by atoms with Gasteiger partial charge < -0.3 is 5.32 Å². The third kappa shape index (κ3) is 3.10. The fourth-order valence-corrected chi connectivity index (χ4v) is 2.83. The van der Waals surface area contributed by atoms with Crippen LogP contribution in [0.25, 0.3) is 0 Å². The Morgan fingerprint density at radius 1 is 1.24 bits per heavy atom. The zero-order valence-electron chi connectivity index (χ0n) is 12.3. The Morgan fingerprint density at radius 2 is 2.10 bits per heavy atom. The van der Waals surface area contributed by atoms with Gasteiger partial charge >= 0.3 is 0 Å². The second-order valence-electron chi connectivity index (χ2n) is 5.46. The first kappa shape index (κ1) is 14.1. The number of rotatable bonds is 4. The smallest absolute Gasteiger partial charge is 0.133 e. The van der Waals surface area contributed by atoms with Crippen molar-refractivity contribution in [3.8, 4) is 0 Å². The molecule has 0 atom stereocenters. The molecule has 0 amide bonds. The van der Waals surface area contributed by atoms with Gasteiger partial charge in [-0.05, 0) is 36.6 Å². The van der Waals surface area contributed by atoms with Gasteiger partial charge in [-0.1, -0.05) is 31.5 Å². The molecule has 2 aromatic rings. The maximum atomic E-state index is 13.8. The largest absolute Gasteiger partial charge is 0.311 e. The fraction of sp³-hybridized carbons (Fsp3) is 0.412. The van der Waals surface area contributed by atoms with Crippen molar-refractivity contribution in [1.82, 2.24) is 15.3 Å². The highest BCUT2D eigenvalue weighted by atomic mass is 19.1. The van der Waals surface area contributed by atoms with E-state index in [-0.39, 0.29) is 5.82 Å². The molecule has 0 saturated heterocycles. The van der Waals surface area contributed by atoms with E-state index in [1.54, 1.807) is 12.1 Å². The Kier molecular flexibility index (Phi) is 4.25. The Balaban J connectivity index is 1.95. The summed E-state index contributed by atoms with van der Waals surface area (Å²) in [4.78, 5) is 9.36. The van der Waals surface area contributed by atoms with Gasteiger partial charge in [0, 0.05) is 18.7 Å². The minimum absolute atomic E-state index is 0.186. The standard InChI is InChI=1S/C17H20FN3/c1-2-5-15-13-8-9-19-11-16(13)21-17(20-15)10-12-6-3-4-7-14(12)18/h3-4,6-7,19H,2,5,8-11H2,1H3. The van der Waals surface area contributed by atoms with E-state index in [1.807, 2.05) is 6.07 Å². The van der Waals surface area contributed by atoms with Crippen molar-refractivity contribution in [3.05, 3.63) is 58.4 Å². The third-order valence-electron chi connectivity index (χ3n) is 3.86. The molecule has 3 nitrogen and oxygen atoms in total. The van der Waals surface area contributed by atoms with Crippen LogP contribution in [0, 0.1) is 5.82 Å². The molecule has 1 N–H and O–H groups in total. The van der Waals surface area contributed by atoms with E-state index in [9.17, 15) is 4.39 Å². The zero-order chi connectivity index (χ0) is 14.7. The van der Waals surface area contributed by atoms with Crippen molar-refractivity contribution in [1.29, 1.82) is 0 Å². The van der Waals surface area contributed by atoms with E-state index in [4.69, 9.17) is 4.98 Å². The number of hydrogen-bond donors (Lipinski definition) is 1. The highest BCUT2D eigenvalue weighted by molar-refractivity contribution is 5.30. The Labute approximate surface area is 124 Å². The molecule has 3 rings (SSSR count). The molecule has 0 fully saturated rings. The summed E-state index contributed by atoms with van der Waals surface area (Å²) in [5, 5.41) is 3.35. The molecule has 0 radical (unpaired) electrons. The lowest BCUT2D eigenvalue weighted by Gasteiger charge is -2.20. The van der Waals surface area contributed by atoms with Crippen LogP contribution in [0.2, 0.25) is 0 Å². The minimum Gasteiger partial charge on any atom is -0.311 e. The minimum atomic E-state index is -0.186. The molecule has 0 saturated carbocycles. The van der Waals surface area contributed by atoms with E-state index in [2.05, 4.69) is 17.2 Å². The molecule has 110 valence electrons. The number of aryl methyl sites for hydroxylation is 1. The summed E-state index contributed by atoms with van der Waals surface area (Å²) in [5.74, 6) is 0.542. The van der Waals surface area contributed by atoms with Gasteiger partial charge in [-0.15, -0.1) is 0 Å². The van der Waals surface area contributed by atoms with Crippen molar-refractivity contribution in [2.24, 2.45) is 0 Å². The van der Waals surface area contributed by atoms with E-state index in [0.717, 1.165) is 49.6 Å². The van der Waals surface area contributed by atoms with E-state index in [0.29, 0.717) is 12.0 Å². The summed E-state index contributed by atoms with van der Waals surface area (Å²) < 4.78 is 13.8. The molecule has 4 heteroatoms. The molecule has 0 unspecified atom stereocenters. The molecule has 0 bridgehead atoms. The molecule has 21 heavy (non-hydrogen) atoms. The number of halogens is 1. The van der Waals surface area contributed by atoms with Crippen molar-refractivity contribution in [2.75, 3.05) is 6.54 Å². The van der Waals surface area contributed by atoms with Crippen molar-refractivity contribution in [3.63, 3.8) is 0 Å². The van der Waals surface area contributed by atoms with Gasteiger partial charge in [-0.25, -0.2) is 14.4 Å². The van der Waals surface area contributed by atoms with Crippen LogP contribution in [0.5, 0.6) is 0 Å². The molecular formula is C17H20FN3. The molecular weight excluding hydrogens is 265 g/mol. The van der Waals surface area contributed by atoms with Gasteiger partial charge in [-0.2, -0.15) is 0 Å². The second-order valence-corrected chi connectivity index (χ2v) is 5.46. The SMILES string of the molecule is CCCc1nc(Cc2ccccc2F)nc2c1CCNC2. The molecule has 1 aromatic carbocycles. The van der Waals surface area contributed by atoms with Crippen LogP contribution in [0.15, 0.2) is 24.3 Å². The highest BCUT2D eigenvalue weighted by Crippen LogP contribution is 2.19. The molecule has 1 aliphatic rings. The Hall–Kier alpha value is -1.81. The van der Waals surface area contributed by atoms with Crippen molar-refractivity contribution in [2.45, 2.75) is 39.2 Å². The van der Waals surface area contributed by atoms with Crippen LogP contribution >= 0.6 is 0 Å². The number of benzene rings is 1. The van der Waals surface area contributed by atoms with Crippen LogP contribution in [0.4, 0.5) is 4.39 Å².